The van der Waals surface area contributed by atoms with Gasteiger partial charge in [-0.25, -0.2) is 9.69 Å². The third kappa shape index (κ3) is 5.88. The summed E-state index contributed by atoms with van der Waals surface area (Å²) in [5, 5.41) is 5.22. The maximum Gasteiger partial charge on any atom is 0.328 e. The van der Waals surface area contributed by atoms with E-state index in [-0.39, 0.29) is 30.4 Å². The molecule has 5 amide bonds. The Labute approximate surface area is 209 Å². The lowest BCUT2D eigenvalue weighted by Gasteiger charge is -2.29. The molecule has 0 aliphatic carbocycles. The molecule has 1 saturated heterocycles. The van der Waals surface area contributed by atoms with Crippen LogP contribution in [0.5, 0.6) is 5.75 Å². The van der Waals surface area contributed by atoms with Gasteiger partial charge in [-0.3, -0.25) is 19.2 Å². The number of methoxy groups -OCH3 is 1. The molecular formula is C26H30N4O6. The molecule has 2 aromatic carbocycles. The number of amides is 5. The summed E-state index contributed by atoms with van der Waals surface area (Å²) in [6.07, 6.45) is 0. The van der Waals surface area contributed by atoms with Crippen LogP contribution in [0.2, 0.25) is 0 Å². The highest BCUT2D eigenvalue weighted by Crippen LogP contribution is 2.30. The van der Waals surface area contributed by atoms with E-state index in [1.165, 1.54) is 31.1 Å². The molecule has 2 aromatic rings. The minimum Gasteiger partial charge on any atom is -0.495 e. The first kappa shape index (κ1) is 26.4. The van der Waals surface area contributed by atoms with Gasteiger partial charge in [-0.05, 0) is 23.8 Å². The van der Waals surface area contributed by atoms with Crippen LogP contribution in [0.4, 0.5) is 16.2 Å². The van der Waals surface area contributed by atoms with Crippen LogP contribution in [-0.2, 0) is 25.7 Å². The predicted octanol–water partition coefficient (Wildman–Crippen LogP) is 3.04. The Hall–Kier alpha value is -4.21. The monoisotopic (exact) mass is 494 g/mol. The van der Waals surface area contributed by atoms with Gasteiger partial charge in [-0.15, -0.1) is 0 Å². The molecule has 1 aliphatic rings. The first-order valence-electron chi connectivity index (χ1n) is 11.4. The van der Waals surface area contributed by atoms with Gasteiger partial charge in [0.05, 0.1) is 12.8 Å². The number of imide groups is 1. The smallest absolute Gasteiger partial charge is 0.328 e. The Kier molecular flexibility index (Phi) is 7.77. The molecule has 36 heavy (non-hydrogen) atoms. The van der Waals surface area contributed by atoms with Crippen LogP contribution >= 0.6 is 0 Å². The molecule has 1 aliphatic heterocycles. The second kappa shape index (κ2) is 10.6. The van der Waals surface area contributed by atoms with Gasteiger partial charge in [-0.2, -0.15) is 0 Å². The maximum atomic E-state index is 13.5. The summed E-state index contributed by atoms with van der Waals surface area (Å²) in [7, 11) is 1.40. The lowest BCUT2D eigenvalue weighted by atomic mass is 9.85. The number of urea groups is 1. The van der Waals surface area contributed by atoms with E-state index in [1.807, 2.05) is 30.3 Å². The fourth-order valence-electron chi connectivity index (χ4n) is 3.80. The summed E-state index contributed by atoms with van der Waals surface area (Å²) >= 11 is 0. The highest BCUT2D eigenvalue weighted by Gasteiger charge is 2.49. The van der Waals surface area contributed by atoms with Gasteiger partial charge < -0.3 is 20.3 Å². The molecule has 10 heteroatoms. The summed E-state index contributed by atoms with van der Waals surface area (Å²) in [4.78, 5) is 66.6. The third-order valence-corrected chi connectivity index (χ3v) is 5.56. The molecule has 0 spiro atoms. The van der Waals surface area contributed by atoms with E-state index in [9.17, 15) is 24.0 Å². The first-order valence-corrected chi connectivity index (χ1v) is 11.4. The fraction of sp³-hybridized carbons (Fsp3) is 0.346. The number of anilines is 2. The minimum absolute atomic E-state index is 0.159. The molecular weight excluding hydrogens is 464 g/mol. The van der Waals surface area contributed by atoms with Gasteiger partial charge in [0.15, 0.2) is 11.8 Å². The van der Waals surface area contributed by atoms with Crippen molar-refractivity contribution in [3.8, 4) is 5.75 Å². The highest BCUT2D eigenvalue weighted by atomic mass is 16.5. The van der Waals surface area contributed by atoms with Crippen LogP contribution in [0.3, 0.4) is 0 Å². The van der Waals surface area contributed by atoms with Crippen LogP contribution in [0.15, 0.2) is 48.5 Å². The molecule has 10 nitrogen and oxygen atoms in total. The van der Waals surface area contributed by atoms with Crippen molar-refractivity contribution in [2.24, 2.45) is 5.41 Å². The van der Waals surface area contributed by atoms with Gasteiger partial charge >= 0.3 is 6.03 Å². The summed E-state index contributed by atoms with van der Waals surface area (Å²) in [5.74, 6) is -2.15. The van der Waals surface area contributed by atoms with Gasteiger partial charge in [-0.1, -0.05) is 51.1 Å². The number of hydrogen-bond acceptors (Lipinski definition) is 6. The van der Waals surface area contributed by atoms with Crippen molar-refractivity contribution >= 4 is 40.9 Å². The Balaban J connectivity index is 1.94. The SMILES string of the molecule is COc1ccc(NC(C)=O)cc1NC(=O)C(C(=O)C(C)(C)C)N1C(=O)CN(Cc2ccccc2)C1=O. The summed E-state index contributed by atoms with van der Waals surface area (Å²) < 4.78 is 5.30. The summed E-state index contributed by atoms with van der Waals surface area (Å²) in [5.41, 5.74) is 0.334. The molecule has 1 fully saturated rings. The number of carbonyl (C=O) groups is 5. The van der Waals surface area contributed by atoms with Crippen LogP contribution in [0.25, 0.3) is 0 Å². The Morgan fingerprint density at radius 2 is 1.69 bits per heavy atom. The topological polar surface area (TPSA) is 125 Å². The number of hydrogen-bond donors (Lipinski definition) is 2. The van der Waals surface area contributed by atoms with Crippen molar-refractivity contribution in [3.63, 3.8) is 0 Å². The summed E-state index contributed by atoms with van der Waals surface area (Å²) in [6, 6.07) is 11.3. The second-order valence-electron chi connectivity index (χ2n) is 9.49. The van der Waals surface area contributed by atoms with Gasteiger partial charge in [0.1, 0.15) is 12.3 Å². The fourth-order valence-corrected chi connectivity index (χ4v) is 3.80. The van der Waals surface area contributed by atoms with Crippen molar-refractivity contribution in [1.29, 1.82) is 0 Å². The van der Waals surface area contributed by atoms with Crippen LogP contribution < -0.4 is 15.4 Å². The predicted molar refractivity (Wildman–Crippen MR) is 133 cm³/mol. The van der Waals surface area contributed by atoms with Gasteiger partial charge in [0.25, 0.3) is 11.8 Å². The minimum atomic E-state index is -1.69. The van der Waals surface area contributed by atoms with Gasteiger partial charge in [0, 0.05) is 24.6 Å². The number of nitrogens with one attached hydrogen (secondary N) is 2. The molecule has 1 atom stereocenters. The highest BCUT2D eigenvalue weighted by molar-refractivity contribution is 6.19. The molecule has 0 saturated carbocycles. The average molecular weight is 495 g/mol. The molecule has 0 radical (unpaired) electrons. The number of rotatable bonds is 8. The lowest BCUT2D eigenvalue weighted by Crippen LogP contribution is -2.55. The van der Waals surface area contributed by atoms with Crippen molar-refractivity contribution in [2.45, 2.75) is 40.3 Å². The molecule has 1 unspecified atom stereocenters. The van der Waals surface area contributed by atoms with E-state index in [0.29, 0.717) is 5.69 Å². The molecule has 1 heterocycles. The van der Waals surface area contributed by atoms with E-state index in [1.54, 1.807) is 26.8 Å². The second-order valence-corrected chi connectivity index (χ2v) is 9.49. The molecule has 3 rings (SSSR count). The molecule has 190 valence electrons. The quantitative estimate of drug-likeness (QED) is 0.429. The number of ether oxygens (including phenoxy) is 1. The number of ketones is 1. The largest absolute Gasteiger partial charge is 0.495 e. The van der Waals surface area contributed by atoms with E-state index < -0.39 is 35.1 Å². The van der Waals surface area contributed by atoms with Crippen LogP contribution in [-0.4, -0.2) is 59.0 Å². The maximum absolute atomic E-state index is 13.5. The number of nitrogens with zero attached hydrogens (tertiary/aromatic N) is 2. The van der Waals surface area contributed by atoms with E-state index >= 15 is 0 Å². The van der Waals surface area contributed by atoms with Crippen molar-refractivity contribution in [2.75, 3.05) is 24.3 Å². The molecule has 0 bridgehead atoms. The molecule has 2 N–H and O–H groups in total. The van der Waals surface area contributed by atoms with Crippen molar-refractivity contribution in [1.82, 2.24) is 9.80 Å². The first-order chi connectivity index (χ1) is 16.9. The van der Waals surface area contributed by atoms with Crippen LogP contribution in [0.1, 0.15) is 33.3 Å². The zero-order chi connectivity index (χ0) is 26.6. The zero-order valence-electron chi connectivity index (χ0n) is 21.0. The Morgan fingerprint density at radius 3 is 2.28 bits per heavy atom. The number of carbonyl (C=O) groups excluding carboxylic acids is 5. The van der Waals surface area contributed by atoms with Crippen molar-refractivity contribution < 1.29 is 28.7 Å². The third-order valence-electron chi connectivity index (χ3n) is 5.56. The number of benzene rings is 2. The average Bonchev–Trinajstić information content (AvgIpc) is 3.07. The van der Waals surface area contributed by atoms with Crippen LogP contribution in [0, 0.1) is 5.41 Å². The van der Waals surface area contributed by atoms with E-state index in [2.05, 4.69) is 10.6 Å². The lowest BCUT2D eigenvalue weighted by molar-refractivity contribution is -0.143. The Bertz CT molecular complexity index is 1190. The van der Waals surface area contributed by atoms with E-state index in [4.69, 9.17) is 4.74 Å². The number of Topliss-reactive ketones (excluding diaryl/α,β-unsaturated/α-hetero) is 1. The summed E-state index contributed by atoms with van der Waals surface area (Å²) in [6.45, 7) is 6.08. The van der Waals surface area contributed by atoms with Gasteiger partial charge in [0.2, 0.25) is 5.91 Å². The standard InChI is InChI=1S/C26H30N4O6/c1-16(31)27-18-11-12-20(36-5)19(13-18)28-24(34)22(23(33)26(2,3)4)30-21(32)15-29(25(30)35)14-17-9-7-6-8-10-17/h6-13,22H,14-15H2,1-5H3,(H,27,31)(H,28,34). The Morgan fingerprint density at radius 1 is 1.03 bits per heavy atom. The van der Waals surface area contributed by atoms with Crippen molar-refractivity contribution in [3.05, 3.63) is 54.1 Å². The zero-order valence-corrected chi connectivity index (χ0v) is 21.0. The molecule has 0 aromatic heterocycles. The van der Waals surface area contributed by atoms with E-state index in [0.717, 1.165) is 10.5 Å². The normalized spacial score (nSPS) is 14.5.